The van der Waals surface area contributed by atoms with Crippen LogP contribution in [0.25, 0.3) is 0 Å². The number of ether oxygens (including phenoxy) is 1. The maximum Gasteiger partial charge on any atom is 0.473 e. The molecular formula is C6HF11O3S. The molecule has 0 unspecified atom stereocenters. The average molecular weight is 362 g/mol. The molecule has 0 atom stereocenters. The van der Waals surface area contributed by atoms with Gasteiger partial charge in [-0.3, -0.25) is 0 Å². The summed E-state index contributed by atoms with van der Waals surface area (Å²) in [4.78, 5) is 0. The molecule has 0 radical (unpaired) electrons. The zero-order chi connectivity index (χ0) is 17.4. The Morgan fingerprint density at radius 3 is 1.43 bits per heavy atom. The minimum absolute atomic E-state index is 1.89. The summed E-state index contributed by atoms with van der Waals surface area (Å²) >= 11 is 0. The van der Waals surface area contributed by atoms with Crippen LogP contribution >= 0.6 is 0 Å². The monoisotopic (exact) mass is 362 g/mol. The lowest BCUT2D eigenvalue weighted by atomic mass is 10.1. The highest BCUT2D eigenvalue weighted by Crippen LogP contribution is 2.53. The van der Waals surface area contributed by atoms with Gasteiger partial charge in [0.25, 0.3) is 0 Å². The molecule has 0 spiro atoms. The highest BCUT2D eigenvalue weighted by atomic mass is 32.2. The number of hydrogen-bond donors (Lipinski definition) is 1. The van der Waals surface area contributed by atoms with Crippen molar-refractivity contribution >= 4 is 10.7 Å². The summed E-state index contributed by atoms with van der Waals surface area (Å²) in [7, 11) is -5.68. The Morgan fingerprint density at radius 1 is 0.762 bits per heavy atom. The summed E-state index contributed by atoms with van der Waals surface area (Å²) < 4.78 is 156. The number of hydrogen-bond acceptors (Lipinski definition) is 3. The summed E-state index contributed by atoms with van der Waals surface area (Å²) in [6.45, 7) is 0. The van der Waals surface area contributed by atoms with Crippen molar-refractivity contribution in [2.45, 2.75) is 23.2 Å². The normalized spacial score (nSPS) is 14.3. The first-order chi connectivity index (χ1) is 9.02. The lowest BCUT2D eigenvalue weighted by molar-refractivity contribution is -0.412. The largest absolute Gasteiger partial charge is 0.473 e. The van der Waals surface area contributed by atoms with Gasteiger partial charge in [-0.15, -0.1) is 0 Å². The van der Waals surface area contributed by atoms with Gasteiger partial charge < -0.3 is 4.74 Å². The number of thiol groups is 1. The molecule has 3 nitrogen and oxygen atoms in total. The molecule has 0 saturated carbocycles. The zero-order valence-corrected chi connectivity index (χ0v) is 9.72. The van der Waals surface area contributed by atoms with Crippen molar-refractivity contribution in [3.05, 3.63) is 12.1 Å². The second-order valence-electron chi connectivity index (χ2n) is 3.10. The molecule has 15 heteroatoms. The Labute approximate surface area is 108 Å². The van der Waals surface area contributed by atoms with E-state index in [4.69, 9.17) is 0 Å². The Balaban J connectivity index is 5.91. The summed E-state index contributed by atoms with van der Waals surface area (Å²) in [5.41, 5.74) is 0. The van der Waals surface area contributed by atoms with Crippen LogP contribution in [0.5, 0.6) is 0 Å². The molecule has 0 N–H and O–H groups in total. The van der Waals surface area contributed by atoms with E-state index in [-0.39, 0.29) is 0 Å². The number of rotatable bonds is 6. The zero-order valence-electron chi connectivity index (χ0n) is 8.83. The van der Waals surface area contributed by atoms with Crippen LogP contribution in [0.4, 0.5) is 48.3 Å². The van der Waals surface area contributed by atoms with Crippen LogP contribution < -0.4 is 0 Å². The van der Waals surface area contributed by atoms with E-state index in [2.05, 4.69) is 0 Å². The van der Waals surface area contributed by atoms with Crippen LogP contribution in [-0.4, -0.2) is 31.6 Å². The standard InChI is InChI=1S/C6HF11O3S/c7-1(8)2(9)20-5(14,15)3(10,11)4(12,13)6(16,17)21(18)19/h21H. The molecule has 0 aliphatic carbocycles. The predicted molar refractivity (Wildman–Crippen MR) is 41.5 cm³/mol. The molecule has 0 aromatic heterocycles. The Hall–Kier alpha value is -1.28. The second kappa shape index (κ2) is 5.49. The van der Waals surface area contributed by atoms with E-state index < -0.39 is 46.0 Å². The van der Waals surface area contributed by atoms with Crippen LogP contribution in [0.3, 0.4) is 0 Å². The first-order valence-electron chi connectivity index (χ1n) is 4.08. The van der Waals surface area contributed by atoms with Gasteiger partial charge in [0, 0.05) is 0 Å². The minimum atomic E-state index is -7.36. The highest BCUT2D eigenvalue weighted by Gasteiger charge is 2.84. The molecule has 0 bridgehead atoms. The van der Waals surface area contributed by atoms with Crippen molar-refractivity contribution in [1.29, 1.82) is 0 Å². The molecule has 0 aliphatic rings. The van der Waals surface area contributed by atoms with Crippen molar-refractivity contribution in [2.75, 3.05) is 0 Å². The SMILES string of the molecule is O=[SH](=O)C(F)(F)C(F)(F)C(F)(F)C(F)(F)OC(F)=C(F)F. The molecule has 0 aliphatic heterocycles. The lowest BCUT2D eigenvalue weighted by Crippen LogP contribution is -2.63. The van der Waals surface area contributed by atoms with Crippen LogP contribution in [0.15, 0.2) is 12.1 Å². The minimum Gasteiger partial charge on any atom is -0.397 e. The second-order valence-corrected chi connectivity index (χ2v) is 4.18. The molecule has 0 heterocycles. The first kappa shape index (κ1) is 19.7. The molecule has 0 rings (SSSR count). The van der Waals surface area contributed by atoms with Crippen molar-refractivity contribution in [3.63, 3.8) is 0 Å². The van der Waals surface area contributed by atoms with E-state index in [1.54, 1.807) is 0 Å². The topological polar surface area (TPSA) is 43.4 Å². The maximum absolute atomic E-state index is 12.7. The van der Waals surface area contributed by atoms with Gasteiger partial charge in [-0.25, -0.2) is 8.42 Å². The first-order valence-corrected chi connectivity index (χ1v) is 5.25. The lowest BCUT2D eigenvalue weighted by Gasteiger charge is -2.33. The van der Waals surface area contributed by atoms with Crippen LogP contribution in [0.1, 0.15) is 0 Å². The van der Waals surface area contributed by atoms with Gasteiger partial charge in [-0.1, -0.05) is 0 Å². The van der Waals surface area contributed by atoms with E-state index in [0.29, 0.717) is 0 Å². The fourth-order valence-corrected chi connectivity index (χ4v) is 1.07. The van der Waals surface area contributed by atoms with Crippen LogP contribution in [0.2, 0.25) is 0 Å². The molecule has 0 fully saturated rings. The highest BCUT2D eigenvalue weighted by molar-refractivity contribution is 7.73. The van der Waals surface area contributed by atoms with Gasteiger partial charge in [-0.05, 0) is 0 Å². The van der Waals surface area contributed by atoms with Crippen molar-refractivity contribution in [1.82, 2.24) is 0 Å². The van der Waals surface area contributed by atoms with Gasteiger partial charge in [0.05, 0.1) is 0 Å². The fourth-order valence-electron chi connectivity index (χ4n) is 0.702. The Bertz CT molecular complexity index is 496. The van der Waals surface area contributed by atoms with E-state index in [0.717, 1.165) is 0 Å². The molecule has 21 heavy (non-hydrogen) atoms. The predicted octanol–water partition coefficient (Wildman–Crippen LogP) is 3.11. The third kappa shape index (κ3) is 3.16. The third-order valence-electron chi connectivity index (χ3n) is 1.73. The van der Waals surface area contributed by atoms with Gasteiger partial charge in [0.1, 0.15) is 0 Å². The number of halogens is 11. The van der Waals surface area contributed by atoms with Gasteiger partial charge in [-0.2, -0.15) is 48.3 Å². The summed E-state index contributed by atoms with van der Waals surface area (Å²) in [5.74, 6) is -14.7. The van der Waals surface area contributed by atoms with Gasteiger partial charge in [0.15, 0.2) is 0 Å². The Kier molecular flexibility index (Phi) is 5.16. The molecule has 0 aromatic carbocycles. The van der Waals surface area contributed by atoms with Crippen molar-refractivity contribution in [2.24, 2.45) is 0 Å². The molecule has 126 valence electrons. The smallest absolute Gasteiger partial charge is 0.397 e. The van der Waals surface area contributed by atoms with E-state index in [1.165, 1.54) is 0 Å². The average Bonchev–Trinajstić information content (AvgIpc) is 2.26. The van der Waals surface area contributed by atoms with E-state index in [9.17, 15) is 56.7 Å². The van der Waals surface area contributed by atoms with E-state index in [1.807, 2.05) is 4.74 Å². The quantitative estimate of drug-likeness (QED) is 0.449. The maximum atomic E-state index is 12.7. The van der Waals surface area contributed by atoms with E-state index >= 15 is 0 Å². The van der Waals surface area contributed by atoms with Gasteiger partial charge >= 0.3 is 35.3 Å². The Morgan fingerprint density at radius 2 is 1.14 bits per heavy atom. The number of alkyl halides is 8. The molecule has 0 aromatic rings. The van der Waals surface area contributed by atoms with Crippen molar-refractivity contribution < 1.29 is 61.4 Å². The van der Waals surface area contributed by atoms with Crippen LogP contribution in [-0.2, 0) is 15.4 Å². The molecule has 0 amide bonds. The molecular weight excluding hydrogens is 361 g/mol. The summed E-state index contributed by atoms with van der Waals surface area (Å²) in [6.07, 6.45) is -10.7. The van der Waals surface area contributed by atoms with Crippen molar-refractivity contribution in [3.8, 4) is 0 Å². The summed E-state index contributed by atoms with van der Waals surface area (Å²) in [6, 6.07) is -3.75. The summed E-state index contributed by atoms with van der Waals surface area (Å²) in [5, 5.41) is -6.70. The fraction of sp³-hybridized carbons (Fsp3) is 0.667. The third-order valence-corrected chi connectivity index (χ3v) is 2.47. The molecule has 0 saturated heterocycles. The van der Waals surface area contributed by atoms with Crippen LogP contribution in [0, 0.1) is 0 Å². The van der Waals surface area contributed by atoms with Gasteiger partial charge in [0.2, 0.25) is 10.7 Å².